The summed E-state index contributed by atoms with van der Waals surface area (Å²) in [5.74, 6) is 1.87. The van der Waals surface area contributed by atoms with Crippen LogP contribution in [0.3, 0.4) is 0 Å². The second-order valence-corrected chi connectivity index (χ2v) is 7.78. The SMILES string of the molecule is COc1ccc([C@@H]2SCC(=O)Nc3c2c(C)nn3-c2ccc(Cl)cc2)cc1. The molecule has 1 atom stereocenters. The lowest BCUT2D eigenvalue weighted by Gasteiger charge is -2.16. The lowest BCUT2D eigenvalue weighted by molar-refractivity contribution is -0.113. The molecule has 3 aromatic rings. The van der Waals surface area contributed by atoms with E-state index in [1.165, 1.54) is 0 Å². The first-order valence-electron chi connectivity index (χ1n) is 8.47. The Hall–Kier alpha value is -2.44. The van der Waals surface area contributed by atoms with Crippen molar-refractivity contribution in [1.82, 2.24) is 9.78 Å². The summed E-state index contributed by atoms with van der Waals surface area (Å²) in [6.45, 7) is 1.97. The molecule has 27 heavy (non-hydrogen) atoms. The normalized spacial score (nSPS) is 16.4. The van der Waals surface area contributed by atoms with Crippen LogP contribution in [0, 0.1) is 6.92 Å². The van der Waals surface area contributed by atoms with E-state index in [1.807, 2.05) is 55.5 Å². The zero-order valence-corrected chi connectivity index (χ0v) is 16.5. The van der Waals surface area contributed by atoms with Crippen LogP contribution in [0.5, 0.6) is 5.75 Å². The fraction of sp³-hybridized carbons (Fsp3) is 0.200. The van der Waals surface area contributed by atoms with Gasteiger partial charge in [-0.1, -0.05) is 23.7 Å². The van der Waals surface area contributed by atoms with E-state index in [0.29, 0.717) is 16.6 Å². The number of halogens is 1. The maximum absolute atomic E-state index is 12.4. The monoisotopic (exact) mass is 399 g/mol. The van der Waals surface area contributed by atoms with Crippen molar-refractivity contribution in [2.75, 3.05) is 18.2 Å². The second-order valence-electron chi connectivity index (χ2n) is 6.25. The molecule has 1 amide bonds. The summed E-state index contributed by atoms with van der Waals surface area (Å²) in [6.07, 6.45) is 0. The highest BCUT2D eigenvalue weighted by Crippen LogP contribution is 2.44. The molecule has 0 bridgehead atoms. The van der Waals surface area contributed by atoms with Gasteiger partial charge >= 0.3 is 0 Å². The zero-order valence-electron chi connectivity index (χ0n) is 14.9. The number of anilines is 1. The van der Waals surface area contributed by atoms with Gasteiger partial charge in [-0.15, -0.1) is 11.8 Å². The molecule has 1 N–H and O–H groups in total. The van der Waals surface area contributed by atoms with Crippen LogP contribution >= 0.6 is 23.4 Å². The van der Waals surface area contributed by atoms with Crippen LogP contribution in [0.25, 0.3) is 5.69 Å². The second kappa shape index (κ2) is 7.29. The van der Waals surface area contributed by atoms with Crippen molar-refractivity contribution in [3.8, 4) is 11.4 Å². The van der Waals surface area contributed by atoms with Crippen molar-refractivity contribution in [3.63, 3.8) is 0 Å². The predicted molar refractivity (Wildman–Crippen MR) is 109 cm³/mol. The van der Waals surface area contributed by atoms with Crippen molar-refractivity contribution in [2.45, 2.75) is 12.2 Å². The number of hydrogen-bond acceptors (Lipinski definition) is 4. The summed E-state index contributed by atoms with van der Waals surface area (Å²) in [4.78, 5) is 12.4. The van der Waals surface area contributed by atoms with E-state index in [4.69, 9.17) is 21.4 Å². The third kappa shape index (κ3) is 3.42. The molecule has 0 unspecified atom stereocenters. The van der Waals surface area contributed by atoms with Gasteiger partial charge in [0.15, 0.2) is 0 Å². The first kappa shape index (κ1) is 17.9. The Labute approximate surface area is 166 Å². The lowest BCUT2D eigenvalue weighted by Crippen LogP contribution is -2.15. The van der Waals surface area contributed by atoms with Crippen molar-refractivity contribution in [3.05, 3.63) is 70.4 Å². The van der Waals surface area contributed by atoms with Crippen molar-refractivity contribution >= 4 is 35.1 Å². The highest BCUT2D eigenvalue weighted by molar-refractivity contribution is 8.00. The Kier molecular flexibility index (Phi) is 4.85. The highest BCUT2D eigenvalue weighted by Gasteiger charge is 2.30. The summed E-state index contributed by atoms with van der Waals surface area (Å²) in [6, 6.07) is 15.4. The molecule has 2 aromatic carbocycles. The highest BCUT2D eigenvalue weighted by atomic mass is 35.5. The predicted octanol–water partition coefficient (Wildman–Crippen LogP) is 4.62. The van der Waals surface area contributed by atoms with Gasteiger partial charge < -0.3 is 10.1 Å². The van der Waals surface area contributed by atoms with Gasteiger partial charge in [0, 0.05) is 10.6 Å². The van der Waals surface area contributed by atoms with E-state index in [-0.39, 0.29) is 11.2 Å². The molecule has 0 radical (unpaired) electrons. The van der Waals surface area contributed by atoms with Crippen molar-refractivity contribution in [2.24, 2.45) is 0 Å². The first-order chi connectivity index (χ1) is 13.1. The average molecular weight is 400 g/mol. The molecular weight excluding hydrogens is 382 g/mol. The van der Waals surface area contributed by atoms with Gasteiger partial charge in [-0.3, -0.25) is 4.79 Å². The quantitative estimate of drug-likeness (QED) is 0.698. The van der Waals surface area contributed by atoms with E-state index >= 15 is 0 Å². The standard InChI is InChI=1S/C20H18ClN3O2S/c1-12-18-19(13-3-9-16(26-2)10-4-13)27-11-17(25)22-20(18)24(23-12)15-7-5-14(21)6-8-15/h3-10,19H,11H2,1-2H3,(H,22,25)/t19-/m0/s1. The van der Waals surface area contributed by atoms with Crippen LogP contribution in [0.4, 0.5) is 5.82 Å². The number of aromatic nitrogens is 2. The van der Waals surface area contributed by atoms with Crippen LogP contribution in [-0.4, -0.2) is 28.6 Å². The maximum atomic E-state index is 12.4. The van der Waals surface area contributed by atoms with Gasteiger partial charge in [-0.2, -0.15) is 5.10 Å². The Morgan fingerprint density at radius 1 is 1.19 bits per heavy atom. The van der Waals surface area contributed by atoms with Crippen molar-refractivity contribution < 1.29 is 9.53 Å². The number of benzene rings is 2. The van der Waals surface area contributed by atoms with E-state index in [0.717, 1.165) is 28.3 Å². The average Bonchev–Trinajstić information content (AvgIpc) is 2.88. The number of ether oxygens (including phenoxy) is 1. The molecule has 0 aliphatic carbocycles. The summed E-state index contributed by atoms with van der Waals surface area (Å²) < 4.78 is 7.04. The molecule has 0 fully saturated rings. The van der Waals surface area contributed by atoms with Gasteiger partial charge in [0.2, 0.25) is 5.91 Å². The molecule has 1 aromatic heterocycles. The van der Waals surface area contributed by atoms with Crippen LogP contribution in [0.1, 0.15) is 22.1 Å². The number of carbonyl (C=O) groups excluding carboxylic acids is 1. The van der Waals surface area contributed by atoms with Crippen LogP contribution in [-0.2, 0) is 4.79 Å². The van der Waals surface area contributed by atoms with Gasteiger partial charge in [-0.25, -0.2) is 4.68 Å². The first-order valence-corrected chi connectivity index (χ1v) is 9.90. The van der Waals surface area contributed by atoms with Gasteiger partial charge in [0.25, 0.3) is 0 Å². The molecule has 0 spiro atoms. The number of amides is 1. The fourth-order valence-corrected chi connectivity index (χ4v) is 4.51. The fourth-order valence-electron chi connectivity index (χ4n) is 3.19. The Morgan fingerprint density at radius 2 is 1.89 bits per heavy atom. The molecule has 5 nitrogen and oxygen atoms in total. The van der Waals surface area contributed by atoms with E-state index in [1.54, 1.807) is 23.6 Å². The molecule has 138 valence electrons. The third-order valence-electron chi connectivity index (χ3n) is 4.50. The Morgan fingerprint density at radius 3 is 2.56 bits per heavy atom. The number of nitrogens with one attached hydrogen (secondary N) is 1. The van der Waals surface area contributed by atoms with Crippen molar-refractivity contribution in [1.29, 1.82) is 0 Å². The third-order valence-corrected chi connectivity index (χ3v) is 6.02. The van der Waals surface area contributed by atoms with E-state index in [2.05, 4.69) is 5.32 Å². The summed E-state index contributed by atoms with van der Waals surface area (Å²) in [5.41, 5.74) is 3.86. The minimum Gasteiger partial charge on any atom is -0.497 e. The number of rotatable bonds is 3. The summed E-state index contributed by atoms with van der Waals surface area (Å²) in [7, 11) is 1.65. The van der Waals surface area contributed by atoms with Gasteiger partial charge in [0.1, 0.15) is 11.6 Å². The summed E-state index contributed by atoms with van der Waals surface area (Å²) >= 11 is 7.61. The minimum atomic E-state index is -0.0348. The molecule has 4 rings (SSSR count). The number of fused-ring (bicyclic) bond motifs is 1. The number of aryl methyl sites for hydroxylation is 1. The van der Waals surface area contributed by atoms with Gasteiger partial charge in [-0.05, 0) is 48.9 Å². The smallest absolute Gasteiger partial charge is 0.235 e. The molecule has 0 saturated carbocycles. The number of thioether (sulfide) groups is 1. The molecule has 2 heterocycles. The van der Waals surface area contributed by atoms with Crippen LogP contribution in [0.2, 0.25) is 5.02 Å². The number of hydrogen-bond donors (Lipinski definition) is 1. The van der Waals surface area contributed by atoms with Crippen LogP contribution in [0.15, 0.2) is 48.5 Å². The molecule has 1 aliphatic rings. The van der Waals surface area contributed by atoms with Crippen LogP contribution < -0.4 is 10.1 Å². The number of methoxy groups -OCH3 is 1. The van der Waals surface area contributed by atoms with E-state index in [9.17, 15) is 4.79 Å². The molecular formula is C20H18ClN3O2S. The maximum Gasteiger partial charge on any atom is 0.235 e. The number of nitrogens with zero attached hydrogens (tertiary/aromatic N) is 2. The van der Waals surface area contributed by atoms with E-state index < -0.39 is 0 Å². The zero-order chi connectivity index (χ0) is 19.0. The summed E-state index contributed by atoms with van der Waals surface area (Å²) in [5, 5.41) is 8.39. The molecule has 1 aliphatic heterocycles. The molecule has 7 heteroatoms. The Balaban J connectivity index is 1.84. The molecule has 0 saturated heterocycles. The topological polar surface area (TPSA) is 56.1 Å². The Bertz CT molecular complexity index is 984. The minimum absolute atomic E-state index is 0.00547. The lowest BCUT2D eigenvalue weighted by atomic mass is 10.0. The number of carbonyl (C=O) groups is 1. The largest absolute Gasteiger partial charge is 0.497 e. The van der Waals surface area contributed by atoms with Gasteiger partial charge in [0.05, 0.1) is 29.5 Å².